The van der Waals surface area contributed by atoms with Crippen molar-refractivity contribution in [3.05, 3.63) is 102 Å². The molecule has 1 amide bonds. The van der Waals surface area contributed by atoms with Crippen LogP contribution in [0.2, 0.25) is 0 Å². The van der Waals surface area contributed by atoms with E-state index < -0.39 is 12.2 Å². The molecule has 0 aromatic heterocycles. The van der Waals surface area contributed by atoms with Gasteiger partial charge in [-0.2, -0.15) is 0 Å². The van der Waals surface area contributed by atoms with Crippen molar-refractivity contribution in [2.24, 2.45) is 0 Å². The molecular formula is C29H33NO5. The van der Waals surface area contributed by atoms with E-state index in [0.29, 0.717) is 30.7 Å². The van der Waals surface area contributed by atoms with Crippen LogP contribution < -0.4 is 4.74 Å². The van der Waals surface area contributed by atoms with Gasteiger partial charge >= 0.3 is 6.09 Å². The van der Waals surface area contributed by atoms with Crippen LogP contribution >= 0.6 is 0 Å². The second kappa shape index (κ2) is 13.9. The Morgan fingerprint density at radius 1 is 0.886 bits per heavy atom. The summed E-state index contributed by atoms with van der Waals surface area (Å²) < 4.78 is 11.2. The van der Waals surface area contributed by atoms with E-state index in [1.165, 1.54) is 4.90 Å². The predicted octanol–water partition coefficient (Wildman–Crippen LogP) is 5.29. The summed E-state index contributed by atoms with van der Waals surface area (Å²) in [4.78, 5) is 26.8. The molecule has 6 nitrogen and oxygen atoms in total. The molecule has 3 aromatic carbocycles. The first kappa shape index (κ1) is 26.0. The van der Waals surface area contributed by atoms with Crippen LogP contribution in [-0.2, 0) is 17.8 Å². The topological polar surface area (TPSA) is 76.1 Å². The zero-order chi connectivity index (χ0) is 24.9. The summed E-state index contributed by atoms with van der Waals surface area (Å²) in [5.74, 6) is 0.411. The van der Waals surface area contributed by atoms with Gasteiger partial charge in [0.15, 0.2) is 5.78 Å². The molecule has 0 saturated heterocycles. The van der Waals surface area contributed by atoms with Gasteiger partial charge in [0.1, 0.15) is 25.1 Å². The van der Waals surface area contributed by atoms with E-state index in [-0.39, 0.29) is 25.5 Å². The second-order valence-electron chi connectivity index (χ2n) is 8.36. The first-order valence-electron chi connectivity index (χ1n) is 12.0. The van der Waals surface area contributed by atoms with Gasteiger partial charge in [0.05, 0.1) is 12.1 Å². The molecular weight excluding hydrogens is 442 g/mol. The van der Waals surface area contributed by atoms with Gasteiger partial charge in [-0.3, -0.25) is 4.79 Å². The number of hydrogen-bond acceptors (Lipinski definition) is 5. The highest BCUT2D eigenvalue weighted by atomic mass is 16.6. The SMILES string of the molecule is CCCN(CC(O)COc1ccccc1C(=O)CCc1ccccc1)C(=O)OCc1ccccc1. The zero-order valence-electron chi connectivity index (χ0n) is 20.1. The second-order valence-corrected chi connectivity index (χ2v) is 8.36. The average molecular weight is 476 g/mol. The van der Waals surface area contributed by atoms with E-state index in [2.05, 4.69) is 0 Å². The molecule has 0 aliphatic carbocycles. The molecule has 0 aliphatic rings. The summed E-state index contributed by atoms with van der Waals surface area (Å²) >= 11 is 0. The molecule has 1 atom stereocenters. The quantitative estimate of drug-likeness (QED) is 0.340. The van der Waals surface area contributed by atoms with Crippen LogP contribution in [0.1, 0.15) is 41.3 Å². The molecule has 0 fully saturated rings. The van der Waals surface area contributed by atoms with E-state index in [1.54, 1.807) is 24.3 Å². The largest absolute Gasteiger partial charge is 0.490 e. The van der Waals surface area contributed by atoms with Crippen molar-refractivity contribution >= 4 is 11.9 Å². The highest BCUT2D eigenvalue weighted by Gasteiger charge is 2.20. The third-order valence-electron chi connectivity index (χ3n) is 5.49. The Bertz CT molecular complexity index is 1050. The van der Waals surface area contributed by atoms with Gasteiger partial charge in [-0.05, 0) is 36.1 Å². The molecule has 1 N–H and O–H groups in total. The van der Waals surface area contributed by atoms with E-state index in [0.717, 1.165) is 17.5 Å². The molecule has 35 heavy (non-hydrogen) atoms. The number of benzene rings is 3. The number of aryl methyl sites for hydroxylation is 1. The minimum absolute atomic E-state index is 0.0176. The molecule has 0 aliphatic heterocycles. The zero-order valence-corrected chi connectivity index (χ0v) is 20.1. The van der Waals surface area contributed by atoms with Crippen LogP contribution in [0.25, 0.3) is 0 Å². The molecule has 0 spiro atoms. The van der Waals surface area contributed by atoms with Gasteiger partial charge in [0.2, 0.25) is 0 Å². The Kier molecular flexibility index (Phi) is 10.3. The van der Waals surface area contributed by atoms with Crippen LogP contribution in [0.15, 0.2) is 84.9 Å². The summed E-state index contributed by atoms with van der Waals surface area (Å²) in [6, 6.07) is 26.4. The Labute approximate surface area is 207 Å². The number of nitrogens with zero attached hydrogens (tertiary/aromatic N) is 1. The Balaban J connectivity index is 1.52. The van der Waals surface area contributed by atoms with E-state index in [1.807, 2.05) is 67.6 Å². The molecule has 3 rings (SSSR count). The number of aliphatic hydroxyl groups excluding tert-OH is 1. The molecule has 0 bridgehead atoms. The molecule has 0 heterocycles. The van der Waals surface area contributed by atoms with Crippen LogP contribution in [0.3, 0.4) is 0 Å². The lowest BCUT2D eigenvalue weighted by Crippen LogP contribution is -2.40. The monoisotopic (exact) mass is 475 g/mol. The fourth-order valence-corrected chi connectivity index (χ4v) is 3.69. The van der Waals surface area contributed by atoms with Crippen LogP contribution in [-0.4, -0.2) is 47.7 Å². The number of amides is 1. The third kappa shape index (κ3) is 8.58. The lowest BCUT2D eigenvalue weighted by atomic mass is 10.0. The number of Topliss-reactive ketones (excluding diaryl/α,β-unsaturated/α-hetero) is 1. The number of ketones is 1. The van der Waals surface area contributed by atoms with Gasteiger partial charge in [-0.1, -0.05) is 79.7 Å². The molecule has 6 heteroatoms. The predicted molar refractivity (Wildman–Crippen MR) is 136 cm³/mol. The first-order chi connectivity index (χ1) is 17.1. The van der Waals surface area contributed by atoms with Crippen molar-refractivity contribution in [3.63, 3.8) is 0 Å². The standard InChI is InChI=1S/C29H33NO5/c1-2-19-30(29(33)35-21-24-13-7-4-8-14-24)20-25(31)22-34-28-16-10-9-15-26(28)27(32)18-17-23-11-5-3-6-12-23/h3-16,25,31H,2,17-22H2,1H3. The van der Waals surface area contributed by atoms with Crippen LogP contribution in [0, 0.1) is 0 Å². The van der Waals surface area contributed by atoms with Crippen molar-refractivity contribution in [2.75, 3.05) is 19.7 Å². The number of para-hydroxylation sites is 1. The smallest absolute Gasteiger partial charge is 0.410 e. The maximum absolute atomic E-state index is 12.8. The number of carbonyl (C=O) groups is 2. The summed E-state index contributed by atoms with van der Waals surface area (Å²) in [7, 11) is 0. The van der Waals surface area contributed by atoms with Crippen molar-refractivity contribution in [2.45, 2.75) is 38.9 Å². The van der Waals surface area contributed by atoms with Gasteiger partial charge in [0, 0.05) is 13.0 Å². The summed E-state index contributed by atoms with van der Waals surface area (Å²) in [5.41, 5.74) is 2.49. The van der Waals surface area contributed by atoms with Gasteiger partial charge in [0.25, 0.3) is 0 Å². The first-order valence-corrected chi connectivity index (χ1v) is 12.0. The van der Waals surface area contributed by atoms with Gasteiger partial charge < -0.3 is 19.5 Å². The summed E-state index contributed by atoms with van der Waals surface area (Å²) in [6.45, 7) is 2.61. The van der Waals surface area contributed by atoms with E-state index >= 15 is 0 Å². The number of carbonyl (C=O) groups excluding carboxylic acids is 2. The van der Waals surface area contributed by atoms with Crippen molar-refractivity contribution in [1.29, 1.82) is 0 Å². The fourth-order valence-electron chi connectivity index (χ4n) is 3.69. The highest BCUT2D eigenvalue weighted by Crippen LogP contribution is 2.21. The minimum Gasteiger partial charge on any atom is -0.490 e. The lowest BCUT2D eigenvalue weighted by Gasteiger charge is -2.24. The Morgan fingerprint density at radius 3 is 2.20 bits per heavy atom. The highest BCUT2D eigenvalue weighted by molar-refractivity contribution is 5.98. The van der Waals surface area contributed by atoms with E-state index in [4.69, 9.17) is 9.47 Å². The normalized spacial score (nSPS) is 11.5. The Morgan fingerprint density at radius 2 is 1.51 bits per heavy atom. The number of hydrogen-bond donors (Lipinski definition) is 1. The molecule has 0 saturated carbocycles. The molecule has 1 unspecified atom stereocenters. The maximum atomic E-state index is 12.8. The van der Waals surface area contributed by atoms with Crippen LogP contribution in [0.5, 0.6) is 5.75 Å². The molecule has 184 valence electrons. The van der Waals surface area contributed by atoms with E-state index in [9.17, 15) is 14.7 Å². The van der Waals surface area contributed by atoms with Gasteiger partial charge in [-0.25, -0.2) is 4.79 Å². The maximum Gasteiger partial charge on any atom is 0.410 e. The molecule has 3 aromatic rings. The fraction of sp³-hybridized carbons (Fsp3) is 0.310. The summed E-state index contributed by atoms with van der Waals surface area (Å²) in [5, 5.41) is 10.6. The molecule has 0 radical (unpaired) electrons. The lowest BCUT2D eigenvalue weighted by molar-refractivity contribution is 0.0497. The Hall–Kier alpha value is -3.64. The van der Waals surface area contributed by atoms with Crippen molar-refractivity contribution < 1.29 is 24.2 Å². The van der Waals surface area contributed by atoms with Crippen molar-refractivity contribution in [3.8, 4) is 5.75 Å². The number of aliphatic hydroxyl groups is 1. The minimum atomic E-state index is -0.932. The number of ether oxygens (including phenoxy) is 2. The average Bonchev–Trinajstić information content (AvgIpc) is 2.90. The summed E-state index contributed by atoms with van der Waals surface area (Å²) in [6.07, 6.45) is 0.329. The third-order valence-corrected chi connectivity index (χ3v) is 5.49. The van der Waals surface area contributed by atoms with Gasteiger partial charge in [-0.15, -0.1) is 0 Å². The number of rotatable bonds is 13. The van der Waals surface area contributed by atoms with Crippen LogP contribution in [0.4, 0.5) is 4.79 Å². The van der Waals surface area contributed by atoms with Crippen molar-refractivity contribution in [1.82, 2.24) is 4.90 Å².